The molecule has 0 radical (unpaired) electrons. The molecule has 7 nitrogen and oxygen atoms in total. The number of carbonyl (C=O) groups excluding carboxylic acids is 1. The number of aromatic amines is 2. The third kappa shape index (κ3) is 3.09. The Morgan fingerprint density at radius 3 is 2.92 bits per heavy atom. The Labute approximate surface area is 144 Å². The second kappa shape index (κ2) is 6.23. The first-order valence-electron chi connectivity index (χ1n) is 8.62. The number of H-pyrrole nitrogens is 2. The monoisotopic (exact) mass is 339 g/mol. The minimum Gasteiger partial charge on any atom is -0.334 e. The predicted molar refractivity (Wildman–Crippen MR) is 94.6 cm³/mol. The molecule has 2 N–H and O–H groups in total. The van der Waals surface area contributed by atoms with E-state index in [0.29, 0.717) is 23.1 Å². The highest BCUT2D eigenvalue weighted by molar-refractivity contribution is 5.97. The number of piperidine rings is 1. The summed E-state index contributed by atoms with van der Waals surface area (Å²) in [6.07, 6.45) is 6.97. The van der Waals surface area contributed by atoms with E-state index >= 15 is 0 Å². The van der Waals surface area contributed by atoms with Crippen LogP contribution in [-0.2, 0) is 6.54 Å². The normalized spacial score (nSPS) is 18.0. The number of aromatic nitrogens is 4. The zero-order chi connectivity index (χ0) is 17.4. The Bertz CT molecular complexity index is 967. The maximum atomic E-state index is 13.1. The van der Waals surface area contributed by atoms with Crippen LogP contribution in [-0.4, -0.2) is 43.1 Å². The maximum Gasteiger partial charge on any atom is 0.323 e. The number of hydrogen-bond donors (Lipinski definition) is 2. The van der Waals surface area contributed by atoms with Crippen molar-refractivity contribution in [2.45, 2.75) is 38.8 Å². The molecule has 4 rings (SSSR count). The van der Waals surface area contributed by atoms with Crippen molar-refractivity contribution in [2.75, 3.05) is 6.54 Å². The third-order valence-corrected chi connectivity index (χ3v) is 4.81. The van der Waals surface area contributed by atoms with Crippen LogP contribution in [0.5, 0.6) is 0 Å². The largest absolute Gasteiger partial charge is 0.334 e. The van der Waals surface area contributed by atoms with Crippen molar-refractivity contribution in [3.05, 3.63) is 52.2 Å². The highest BCUT2D eigenvalue weighted by atomic mass is 16.2. The molecule has 1 aromatic carbocycles. The van der Waals surface area contributed by atoms with Gasteiger partial charge in [0.15, 0.2) is 0 Å². The SMILES string of the molecule is Cc1cnn(C[C@H]2CCCCN2C(=O)c2ccc3[nH]c(=O)[nH]c3c2)c1. The summed E-state index contributed by atoms with van der Waals surface area (Å²) in [5.41, 5.74) is 2.84. The molecule has 1 atom stereocenters. The Morgan fingerprint density at radius 1 is 1.28 bits per heavy atom. The Hall–Kier alpha value is -2.83. The first-order valence-corrected chi connectivity index (χ1v) is 8.62. The second-order valence-electron chi connectivity index (χ2n) is 6.73. The Balaban J connectivity index is 1.59. The van der Waals surface area contributed by atoms with E-state index in [-0.39, 0.29) is 17.6 Å². The van der Waals surface area contributed by atoms with Gasteiger partial charge in [0, 0.05) is 18.3 Å². The lowest BCUT2D eigenvalue weighted by Gasteiger charge is -2.35. The van der Waals surface area contributed by atoms with Crippen molar-refractivity contribution in [2.24, 2.45) is 0 Å². The van der Waals surface area contributed by atoms with Crippen LogP contribution in [0.15, 0.2) is 35.4 Å². The lowest BCUT2D eigenvalue weighted by atomic mass is 10.0. The highest BCUT2D eigenvalue weighted by Gasteiger charge is 2.28. The number of hydrogen-bond acceptors (Lipinski definition) is 3. The molecule has 7 heteroatoms. The molecule has 1 aliphatic rings. The highest BCUT2D eigenvalue weighted by Crippen LogP contribution is 2.22. The maximum absolute atomic E-state index is 13.1. The fourth-order valence-corrected chi connectivity index (χ4v) is 3.57. The van der Waals surface area contributed by atoms with E-state index in [1.807, 2.05) is 28.9 Å². The van der Waals surface area contributed by atoms with Gasteiger partial charge in [-0.25, -0.2) is 4.79 Å². The molecule has 3 aromatic rings. The van der Waals surface area contributed by atoms with Gasteiger partial charge in [-0.1, -0.05) is 0 Å². The standard InChI is InChI=1S/C18H21N5O2/c1-12-9-19-22(10-12)11-14-4-2-3-7-23(14)17(24)13-5-6-15-16(8-13)21-18(25)20-15/h5-6,8-10,14H,2-4,7,11H2,1H3,(H2,20,21,25)/t14-/m1/s1. The summed E-state index contributed by atoms with van der Waals surface area (Å²) >= 11 is 0. The van der Waals surface area contributed by atoms with Crippen molar-refractivity contribution in [1.82, 2.24) is 24.6 Å². The van der Waals surface area contributed by atoms with Gasteiger partial charge in [0.25, 0.3) is 5.91 Å². The molecule has 25 heavy (non-hydrogen) atoms. The Kier molecular flexibility index (Phi) is 3.91. The van der Waals surface area contributed by atoms with Crippen LogP contribution in [0, 0.1) is 6.92 Å². The number of fused-ring (bicyclic) bond motifs is 1. The molecule has 130 valence electrons. The molecule has 0 bridgehead atoms. The molecule has 1 amide bonds. The molecule has 1 saturated heterocycles. The molecular weight excluding hydrogens is 318 g/mol. The van der Waals surface area contributed by atoms with Crippen molar-refractivity contribution >= 4 is 16.9 Å². The molecule has 3 heterocycles. The first kappa shape index (κ1) is 15.7. The number of rotatable bonds is 3. The summed E-state index contributed by atoms with van der Waals surface area (Å²) in [6.45, 7) is 3.48. The minimum atomic E-state index is -0.260. The van der Waals surface area contributed by atoms with Gasteiger partial charge in [0.1, 0.15) is 0 Å². The summed E-state index contributed by atoms with van der Waals surface area (Å²) in [7, 11) is 0. The average Bonchev–Trinajstić information content (AvgIpc) is 3.18. The van der Waals surface area contributed by atoms with E-state index < -0.39 is 0 Å². The topological polar surface area (TPSA) is 86.8 Å². The van der Waals surface area contributed by atoms with Gasteiger partial charge in [0.05, 0.1) is 29.8 Å². The molecule has 0 saturated carbocycles. The first-order chi connectivity index (χ1) is 12.1. The number of imidazole rings is 1. The number of benzene rings is 1. The molecule has 1 aliphatic heterocycles. The zero-order valence-electron chi connectivity index (χ0n) is 14.2. The van der Waals surface area contributed by atoms with Gasteiger partial charge >= 0.3 is 5.69 Å². The fourth-order valence-electron chi connectivity index (χ4n) is 3.57. The van der Waals surface area contributed by atoms with Gasteiger partial charge in [-0.15, -0.1) is 0 Å². The van der Waals surface area contributed by atoms with Crippen LogP contribution >= 0.6 is 0 Å². The smallest absolute Gasteiger partial charge is 0.323 e. The number of likely N-dealkylation sites (tertiary alicyclic amines) is 1. The molecule has 0 unspecified atom stereocenters. The lowest BCUT2D eigenvalue weighted by Crippen LogP contribution is -2.45. The van der Waals surface area contributed by atoms with Crippen LogP contribution in [0.2, 0.25) is 0 Å². The van der Waals surface area contributed by atoms with Gasteiger partial charge in [-0.3, -0.25) is 9.48 Å². The van der Waals surface area contributed by atoms with Crippen molar-refractivity contribution in [1.29, 1.82) is 0 Å². The predicted octanol–water partition coefficient (Wildman–Crippen LogP) is 2.06. The quantitative estimate of drug-likeness (QED) is 0.766. The van der Waals surface area contributed by atoms with Crippen molar-refractivity contribution in [3.63, 3.8) is 0 Å². The summed E-state index contributed by atoms with van der Waals surface area (Å²) in [5.74, 6) is 0.0116. The zero-order valence-corrected chi connectivity index (χ0v) is 14.2. The lowest BCUT2D eigenvalue weighted by molar-refractivity contribution is 0.0584. The van der Waals surface area contributed by atoms with Crippen molar-refractivity contribution in [3.8, 4) is 0 Å². The van der Waals surface area contributed by atoms with Crippen LogP contribution in [0.1, 0.15) is 35.2 Å². The van der Waals surface area contributed by atoms with E-state index in [1.165, 1.54) is 0 Å². The number of nitrogens with one attached hydrogen (secondary N) is 2. The van der Waals surface area contributed by atoms with Gasteiger partial charge in [-0.2, -0.15) is 5.10 Å². The van der Waals surface area contributed by atoms with Crippen molar-refractivity contribution < 1.29 is 4.79 Å². The van der Waals surface area contributed by atoms with E-state index in [9.17, 15) is 9.59 Å². The van der Waals surface area contributed by atoms with Crippen LogP contribution < -0.4 is 5.69 Å². The number of nitrogens with zero attached hydrogens (tertiary/aromatic N) is 3. The summed E-state index contributed by atoms with van der Waals surface area (Å²) in [4.78, 5) is 31.8. The number of amides is 1. The average molecular weight is 339 g/mol. The summed E-state index contributed by atoms with van der Waals surface area (Å²) in [5, 5.41) is 4.35. The van der Waals surface area contributed by atoms with E-state index in [0.717, 1.165) is 31.4 Å². The molecule has 2 aromatic heterocycles. The second-order valence-corrected chi connectivity index (χ2v) is 6.73. The molecule has 1 fully saturated rings. The van der Waals surface area contributed by atoms with E-state index in [4.69, 9.17) is 0 Å². The van der Waals surface area contributed by atoms with Gasteiger partial charge < -0.3 is 14.9 Å². The summed E-state index contributed by atoms with van der Waals surface area (Å²) < 4.78 is 1.92. The molecular formula is C18H21N5O2. The van der Waals surface area contributed by atoms with E-state index in [1.54, 1.807) is 18.2 Å². The number of carbonyl (C=O) groups is 1. The molecule has 0 spiro atoms. The molecule has 0 aliphatic carbocycles. The fraction of sp³-hybridized carbons (Fsp3) is 0.389. The van der Waals surface area contributed by atoms with E-state index in [2.05, 4.69) is 15.1 Å². The van der Waals surface area contributed by atoms with Gasteiger partial charge in [0.2, 0.25) is 0 Å². The van der Waals surface area contributed by atoms with Crippen LogP contribution in [0.4, 0.5) is 0 Å². The number of aryl methyl sites for hydroxylation is 1. The minimum absolute atomic E-state index is 0.0116. The summed E-state index contributed by atoms with van der Waals surface area (Å²) in [6, 6.07) is 5.44. The third-order valence-electron chi connectivity index (χ3n) is 4.81. The van der Waals surface area contributed by atoms with Crippen LogP contribution in [0.3, 0.4) is 0 Å². The van der Waals surface area contributed by atoms with Gasteiger partial charge in [-0.05, 0) is 49.9 Å². The van der Waals surface area contributed by atoms with Crippen LogP contribution in [0.25, 0.3) is 11.0 Å². The Morgan fingerprint density at radius 2 is 2.12 bits per heavy atom.